The monoisotopic (exact) mass is 397 g/mol. The van der Waals surface area contributed by atoms with Gasteiger partial charge in [0.15, 0.2) is 11.5 Å². The van der Waals surface area contributed by atoms with Crippen LogP contribution in [0.2, 0.25) is 0 Å². The molecular weight excluding hydrogens is 383 g/mol. The molecule has 1 aromatic heterocycles. The van der Waals surface area contributed by atoms with Crippen molar-refractivity contribution < 1.29 is 23.4 Å². The summed E-state index contributed by atoms with van der Waals surface area (Å²) in [5.74, 6) is 0.253. The van der Waals surface area contributed by atoms with Gasteiger partial charge in [-0.25, -0.2) is 4.98 Å². The third-order valence-corrected chi connectivity index (χ3v) is 6.08. The van der Waals surface area contributed by atoms with Crippen LogP contribution in [0.1, 0.15) is 16.1 Å². The van der Waals surface area contributed by atoms with E-state index in [0.717, 1.165) is 27.6 Å². The maximum absolute atomic E-state index is 12.7. The van der Waals surface area contributed by atoms with Crippen molar-refractivity contribution in [3.05, 3.63) is 58.6 Å². The molecule has 3 rings (SSSR count). The molecule has 0 bridgehead atoms. The van der Waals surface area contributed by atoms with Crippen LogP contribution in [-0.4, -0.2) is 15.2 Å². The van der Waals surface area contributed by atoms with E-state index >= 15 is 0 Å². The molecule has 2 N–H and O–H groups in total. The van der Waals surface area contributed by atoms with Gasteiger partial charge in [0.2, 0.25) is 0 Å². The smallest absolute Gasteiger partial charge is 0.416 e. The Morgan fingerprint density at radius 2 is 1.73 bits per heavy atom. The van der Waals surface area contributed by atoms with Gasteiger partial charge in [-0.15, -0.1) is 23.1 Å². The van der Waals surface area contributed by atoms with Crippen LogP contribution < -0.4 is 0 Å². The summed E-state index contributed by atoms with van der Waals surface area (Å²) in [6.45, 7) is 1.86. The topological polar surface area (TPSA) is 53.4 Å². The number of phenolic OH excluding ortho intramolecular Hbond substituents is 2. The van der Waals surface area contributed by atoms with Crippen LogP contribution in [0.3, 0.4) is 0 Å². The van der Waals surface area contributed by atoms with E-state index in [2.05, 4.69) is 4.98 Å². The third-order valence-electron chi connectivity index (χ3n) is 3.67. The fraction of sp³-hybridized carbons (Fsp3) is 0.167. The van der Waals surface area contributed by atoms with Crippen molar-refractivity contribution in [3.8, 4) is 22.1 Å². The number of thiazole rings is 1. The maximum Gasteiger partial charge on any atom is 0.416 e. The minimum absolute atomic E-state index is 0.173. The lowest BCUT2D eigenvalue weighted by Crippen LogP contribution is -2.03. The van der Waals surface area contributed by atoms with Crippen molar-refractivity contribution in [1.29, 1.82) is 0 Å². The van der Waals surface area contributed by atoms with E-state index in [0.29, 0.717) is 16.3 Å². The number of hydrogen-bond donors (Lipinski definition) is 2. The Bertz CT molecular complexity index is 921. The Balaban J connectivity index is 1.75. The van der Waals surface area contributed by atoms with Gasteiger partial charge in [-0.3, -0.25) is 0 Å². The predicted octanol–water partition coefficient (Wildman–Crippen LogP) is 5.84. The van der Waals surface area contributed by atoms with E-state index in [1.807, 2.05) is 6.92 Å². The highest BCUT2D eigenvalue weighted by Crippen LogP contribution is 2.36. The largest absolute Gasteiger partial charge is 0.504 e. The van der Waals surface area contributed by atoms with E-state index in [9.17, 15) is 23.4 Å². The van der Waals surface area contributed by atoms with Gasteiger partial charge in [0.05, 0.1) is 11.3 Å². The molecule has 3 nitrogen and oxygen atoms in total. The van der Waals surface area contributed by atoms with E-state index in [1.165, 1.54) is 47.4 Å². The number of thioether (sulfide) groups is 1. The van der Waals surface area contributed by atoms with Gasteiger partial charge < -0.3 is 10.2 Å². The molecule has 0 radical (unpaired) electrons. The second-order valence-electron chi connectivity index (χ2n) is 5.54. The number of nitrogens with zero attached hydrogens (tertiary/aromatic N) is 1. The Morgan fingerprint density at radius 1 is 1.04 bits per heavy atom. The van der Waals surface area contributed by atoms with Crippen molar-refractivity contribution in [1.82, 2.24) is 4.98 Å². The molecule has 0 aliphatic heterocycles. The zero-order chi connectivity index (χ0) is 18.9. The molecular formula is C18H14F3NO2S2. The third kappa shape index (κ3) is 4.13. The number of aromatic hydroxyl groups is 2. The summed E-state index contributed by atoms with van der Waals surface area (Å²) in [6, 6.07) is 9.57. The minimum atomic E-state index is -4.35. The number of alkyl halides is 3. The van der Waals surface area contributed by atoms with Crippen molar-refractivity contribution in [2.24, 2.45) is 0 Å². The first-order valence-electron chi connectivity index (χ1n) is 7.53. The van der Waals surface area contributed by atoms with Crippen molar-refractivity contribution in [2.45, 2.75) is 23.7 Å². The van der Waals surface area contributed by atoms with Gasteiger partial charge in [-0.2, -0.15) is 13.2 Å². The Kier molecular flexibility index (Phi) is 5.15. The van der Waals surface area contributed by atoms with E-state index in [1.54, 1.807) is 6.07 Å². The summed E-state index contributed by atoms with van der Waals surface area (Å²) in [6.07, 6.45) is -4.35. The number of benzene rings is 2. The molecule has 2 aromatic carbocycles. The maximum atomic E-state index is 12.7. The zero-order valence-electron chi connectivity index (χ0n) is 13.5. The Hall–Kier alpha value is -2.19. The first-order chi connectivity index (χ1) is 12.2. The molecule has 0 amide bonds. The zero-order valence-corrected chi connectivity index (χ0v) is 15.2. The van der Waals surface area contributed by atoms with Crippen LogP contribution in [0.5, 0.6) is 11.5 Å². The van der Waals surface area contributed by atoms with Gasteiger partial charge >= 0.3 is 6.18 Å². The highest BCUT2D eigenvalue weighted by atomic mass is 32.2. The summed E-state index contributed by atoms with van der Waals surface area (Å²) in [5, 5.41) is 19.5. The Morgan fingerprint density at radius 3 is 2.35 bits per heavy atom. The normalized spacial score (nSPS) is 11.7. The molecule has 0 fully saturated rings. The van der Waals surface area contributed by atoms with Crippen molar-refractivity contribution in [2.75, 3.05) is 0 Å². The summed E-state index contributed by atoms with van der Waals surface area (Å²) in [4.78, 5) is 6.24. The lowest BCUT2D eigenvalue weighted by molar-refractivity contribution is -0.137. The molecule has 26 heavy (non-hydrogen) atoms. The lowest BCUT2D eigenvalue weighted by atomic mass is 10.1. The van der Waals surface area contributed by atoms with Gasteiger partial charge in [-0.1, -0.05) is 12.1 Å². The minimum Gasteiger partial charge on any atom is -0.504 e. The average molecular weight is 397 g/mol. The molecule has 0 unspecified atom stereocenters. The lowest BCUT2D eigenvalue weighted by Gasteiger charge is -2.06. The number of halogens is 3. The van der Waals surface area contributed by atoms with Crippen LogP contribution in [0.25, 0.3) is 10.6 Å². The number of aromatic nitrogens is 1. The quantitative estimate of drug-likeness (QED) is 0.429. The van der Waals surface area contributed by atoms with Crippen LogP contribution in [0.4, 0.5) is 13.2 Å². The van der Waals surface area contributed by atoms with Crippen LogP contribution >= 0.6 is 23.1 Å². The fourth-order valence-electron chi connectivity index (χ4n) is 2.23. The first kappa shape index (κ1) is 18.6. The van der Waals surface area contributed by atoms with Crippen LogP contribution in [0.15, 0.2) is 47.4 Å². The van der Waals surface area contributed by atoms with Crippen LogP contribution in [-0.2, 0) is 11.9 Å². The van der Waals surface area contributed by atoms with Crippen LogP contribution in [0, 0.1) is 6.92 Å². The van der Waals surface area contributed by atoms with Crippen molar-refractivity contribution >= 4 is 23.1 Å². The Labute approximate surface area is 156 Å². The summed E-state index contributed by atoms with van der Waals surface area (Å²) >= 11 is 2.90. The molecule has 0 aliphatic rings. The number of aryl methyl sites for hydroxylation is 1. The van der Waals surface area contributed by atoms with E-state index < -0.39 is 11.7 Å². The number of phenols is 2. The second-order valence-corrected chi connectivity index (χ2v) is 7.67. The molecule has 0 spiro atoms. The SMILES string of the molecule is Cc1nc(-c2ccc(C(F)(F)F)cc2)sc1CSc1ccc(O)c(O)c1. The highest BCUT2D eigenvalue weighted by Gasteiger charge is 2.30. The molecule has 136 valence electrons. The number of rotatable bonds is 4. The molecule has 8 heteroatoms. The standard InChI is InChI=1S/C18H14F3NO2S2/c1-10-16(9-25-13-6-7-14(23)15(24)8-13)26-17(22-10)11-2-4-12(5-3-11)18(19,20)21/h2-8,23-24H,9H2,1H3. The summed E-state index contributed by atoms with van der Waals surface area (Å²) < 4.78 is 38.0. The second kappa shape index (κ2) is 7.20. The molecule has 0 atom stereocenters. The van der Waals surface area contributed by atoms with E-state index in [4.69, 9.17) is 0 Å². The van der Waals surface area contributed by atoms with Crippen molar-refractivity contribution in [3.63, 3.8) is 0 Å². The van der Waals surface area contributed by atoms with Gasteiger partial charge in [0.25, 0.3) is 0 Å². The average Bonchev–Trinajstić information content (AvgIpc) is 2.96. The molecule has 3 aromatic rings. The van der Waals surface area contributed by atoms with Gasteiger partial charge in [0, 0.05) is 21.1 Å². The highest BCUT2D eigenvalue weighted by molar-refractivity contribution is 7.98. The van der Waals surface area contributed by atoms with E-state index in [-0.39, 0.29) is 11.5 Å². The summed E-state index contributed by atoms with van der Waals surface area (Å²) in [7, 11) is 0. The fourth-order valence-corrected chi connectivity index (χ4v) is 4.37. The molecule has 0 saturated heterocycles. The van der Waals surface area contributed by atoms with Gasteiger partial charge in [0.1, 0.15) is 5.01 Å². The predicted molar refractivity (Wildman–Crippen MR) is 96.6 cm³/mol. The summed E-state index contributed by atoms with van der Waals surface area (Å²) in [5.41, 5.74) is 0.780. The molecule has 0 aliphatic carbocycles. The number of hydrogen-bond acceptors (Lipinski definition) is 5. The molecule has 1 heterocycles. The van der Waals surface area contributed by atoms with Gasteiger partial charge in [-0.05, 0) is 37.3 Å². The molecule has 0 saturated carbocycles. The first-order valence-corrected chi connectivity index (χ1v) is 9.33.